The summed E-state index contributed by atoms with van der Waals surface area (Å²) in [5.41, 5.74) is 3.73. The normalized spacial score (nSPS) is 27.3. The van der Waals surface area contributed by atoms with Gasteiger partial charge in [-0.2, -0.15) is 0 Å². The monoisotopic (exact) mass is 395 g/mol. The van der Waals surface area contributed by atoms with Crippen molar-refractivity contribution in [2.75, 3.05) is 6.61 Å². The van der Waals surface area contributed by atoms with Gasteiger partial charge in [-0.3, -0.25) is 0 Å². The number of aliphatic hydroxyl groups excluding tert-OH is 2. The molecule has 2 aliphatic rings. The molecule has 3 N–H and O–H groups in total. The maximum Gasteiger partial charge on any atom is 0.133 e. The molecule has 1 aromatic carbocycles. The smallest absolute Gasteiger partial charge is 0.133 e. The Kier molecular flexibility index (Phi) is 5.74. The molecule has 5 heteroatoms. The Morgan fingerprint density at radius 3 is 2.38 bits per heavy atom. The van der Waals surface area contributed by atoms with Crippen molar-refractivity contribution in [2.45, 2.75) is 70.1 Å². The van der Waals surface area contributed by atoms with Crippen molar-refractivity contribution < 1.29 is 10.2 Å². The Hall–Kier alpha value is -1.82. The van der Waals surface area contributed by atoms with E-state index in [1.165, 1.54) is 11.1 Å². The van der Waals surface area contributed by atoms with Crippen molar-refractivity contribution in [1.29, 1.82) is 0 Å². The minimum Gasteiger partial charge on any atom is -0.396 e. The SMILES string of the molecule is CC(C)(C)c1nccc(CC2C(NC3Cc4ccccc4C3)CC(O)C2CO)n1. The third-order valence-corrected chi connectivity index (χ3v) is 6.60. The predicted octanol–water partition coefficient (Wildman–Crippen LogP) is 2.43. The van der Waals surface area contributed by atoms with E-state index in [0.29, 0.717) is 12.5 Å². The van der Waals surface area contributed by atoms with E-state index in [2.05, 4.69) is 55.3 Å². The quantitative estimate of drug-likeness (QED) is 0.725. The van der Waals surface area contributed by atoms with Crippen LogP contribution >= 0.6 is 0 Å². The minimum absolute atomic E-state index is 0.00607. The van der Waals surface area contributed by atoms with Crippen LogP contribution in [-0.4, -0.2) is 45.0 Å². The zero-order valence-electron chi connectivity index (χ0n) is 17.7. The Morgan fingerprint density at radius 1 is 1.07 bits per heavy atom. The van der Waals surface area contributed by atoms with Crippen LogP contribution in [0.3, 0.4) is 0 Å². The van der Waals surface area contributed by atoms with Gasteiger partial charge >= 0.3 is 0 Å². The fraction of sp³-hybridized carbons (Fsp3) is 0.583. The van der Waals surface area contributed by atoms with Crippen LogP contribution in [0, 0.1) is 11.8 Å². The van der Waals surface area contributed by atoms with Gasteiger partial charge in [0, 0.05) is 41.9 Å². The summed E-state index contributed by atoms with van der Waals surface area (Å²) >= 11 is 0. The molecular weight excluding hydrogens is 362 g/mol. The standard InChI is InChI=1S/C24H33N3O2/c1-24(2,3)23-25-9-8-17(27-23)12-19-20(14-28)22(29)13-21(19)26-18-10-15-6-4-5-7-16(15)11-18/h4-9,18-22,26,28-29H,10-14H2,1-3H3. The van der Waals surface area contributed by atoms with E-state index >= 15 is 0 Å². The molecule has 1 fully saturated rings. The Bertz CT molecular complexity index is 823. The molecule has 0 saturated heterocycles. The molecule has 1 saturated carbocycles. The number of rotatable bonds is 5. The van der Waals surface area contributed by atoms with Gasteiger partial charge in [-0.1, -0.05) is 45.0 Å². The number of hydrogen-bond donors (Lipinski definition) is 3. The topological polar surface area (TPSA) is 78.3 Å². The molecule has 1 heterocycles. The van der Waals surface area contributed by atoms with E-state index in [1.54, 1.807) is 0 Å². The van der Waals surface area contributed by atoms with Crippen LogP contribution in [0.15, 0.2) is 36.5 Å². The van der Waals surface area contributed by atoms with E-state index in [-0.39, 0.29) is 29.9 Å². The second-order valence-electron chi connectivity index (χ2n) is 9.79. The molecular formula is C24H33N3O2. The van der Waals surface area contributed by atoms with Crippen LogP contribution in [0.2, 0.25) is 0 Å². The van der Waals surface area contributed by atoms with E-state index in [9.17, 15) is 10.2 Å². The molecule has 156 valence electrons. The lowest BCUT2D eigenvalue weighted by Gasteiger charge is -2.27. The fourth-order valence-electron chi connectivity index (χ4n) is 5.03. The minimum atomic E-state index is -0.477. The predicted molar refractivity (Wildman–Crippen MR) is 114 cm³/mol. The summed E-state index contributed by atoms with van der Waals surface area (Å²) in [4.78, 5) is 9.24. The van der Waals surface area contributed by atoms with E-state index in [4.69, 9.17) is 4.98 Å². The molecule has 4 unspecified atom stereocenters. The van der Waals surface area contributed by atoms with Crippen molar-refractivity contribution in [3.63, 3.8) is 0 Å². The van der Waals surface area contributed by atoms with E-state index in [0.717, 1.165) is 30.8 Å². The van der Waals surface area contributed by atoms with Crippen molar-refractivity contribution in [2.24, 2.45) is 11.8 Å². The highest BCUT2D eigenvalue weighted by Gasteiger charge is 2.43. The molecule has 2 aliphatic carbocycles. The zero-order chi connectivity index (χ0) is 20.6. The summed E-state index contributed by atoms with van der Waals surface area (Å²) in [6, 6.07) is 11.2. The van der Waals surface area contributed by atoms with Gasteiger partial charge in [-0.25, -0.2) is 9.97 Å². The molecule has 2 aromatic rings. The first-order chi connectivity index (χ1) is 13.8. The average Bonchev–Trinajstić information content (AvgIpc) is 3.21. The number of aliphatic hydroxyl groups is 2. The lowest BCUT2D eigenvalue weighted by atomic mass is 9.88. The molecule has 0 spiro atoms. The largest absolute Gasteiger partial charge is 0.396 e. The highest BCUT2D eigenvalue weighted by Crippen LogP contribution is 2.36. The lowest BCUT2D eigenvalue weighted by molar-refractivity contribution is 0.0715. The maximum absolute atomic E-state index is 10.6. The first-order valence-corrected chi connectivity index (χ1v) is 10.8. The van der Waals surface area contributed by atoms with Crippen molar-refractivity contribution in [1.82, 2.24) is 15.3 Å². The summed E-state index contributed by atoms with van der Waals surface area (Å²) in [6.07, 6.45) is 4.83. The van der Waals surface area contributed by atoms with Gasteiger partial charge < -0.3 is 15.5 Å². The Labute approximate surface area is 173 Å². The second kappa shape index (κ2) is 8.13. The molecule has 1 aromatic heterocycles. The van der Waals surface area contributed by atoms with Gasteiger partial charge in [0.25, 0.3) is 0 Å². The average molecular weight is 396 g/mol. The van der Waals surface area contributed by atoms with Crippen molar-refractivity contribution in [3.8, 4) is 0 Å². The summed E-state index contributed by atoms with van der Waals surface area (Å²) in [5.74, 6) is 0.871. The van der Waals surface area contributed by atoms with Gasteiger partial charge in [-0.15, -0.1) is 0 Å². The van der Waals surface area contributed by atoms with Gasteiger partial charge in [0.15, 0.2) is 0 Å². The number of benzene rings is 1. The number of fused-ring (bicyclic) bond motifs is 1. The molecule has 0 aliphatic heterocycles. The van der Waals surface area contributed by atoms with Crippen LogP contribution in [0.25, 0.3) is 0 Å². The van der Waals surface area contributed by atoms with Gasteiger partial charge in [0.05, 0.1) is 6.10 Å². The maximum atomic E-state index is 10.6. The summed E-state index contributed by atoms with van der Waals surface area (Å²) in [6.45, 7) is 6.35. The number of aromatic nitrogens is 2. The number of nitrogens with one attached hydrogen (secondary N) is 1. The highest BCUT2D eigenvalue weighted by atomic mass is 16.3. The molecule has 29 heavy (non-hydrogen) atoms. The zero-order valence-corrected chi connectivity index (χ0v) is 17.7. The third kappa shape index (κ3) is 4.37. The van der Waals surface area contributed by atoms with E-state index in [1.807, 2.05) is 12.3 Å². The molecule has 4 atom stereocenters. The van der Waals surface area contributed by atoms with Crippen molar-refractivity contribution >= 4 is 0 Å². The fourth-order valence-corrected chi connectivity index (χ4v) is 5.03. The van der Waals surface area contributed by atoms with Crippen LogP contribution < -0.4 is 5.32 Å². The van der Waals surface area contributed by atoms with Gasteiger partial charge in [0.2, 0.25) is 0 Å². The molecule has 0 bridgehead atoms. The number of nitrogens with zero attached hydrogens (tertiary/aromatic N) is 2. The molecule has 0 radical (unpaired) electrons. The van der Waals surface area contributed by atoms with Crippen LogP contribution in [0.1, 0.15) is 49.8 Å². The molecule has 4 rings (SSSR count). The van der Waals surface area contributed by atoms with Gasteiger partial charge in [0.1, 0.15) is 5.82 Å². The summed E-state index contributed by atoms with van der Waals surface area (Å²) in [7, 11) is 0. The third-order valence-electron chi connectivity index (χ3n) is 6.60. The van der Waals surface area contributed by atoms with Crippen LogP contribution in [-0.2, 0) is 24.7 Å². The highest BCUT2D eigenvalue weighted by molar-refractivity contribution is 5.33. The van der Waals surface area contributed by atoms with Gasteiger partial charge in [-0.05, 0) is 48.8 Å². The summed E-state index contributed by atoms with van der Waals surface area (Å²) in [5, 5.41) is 24.4. The summed E-state index contributed by atoms with van der Waals surface area (Å²) < 4.78 is 0. The first kappa shape index (κ1) is 20.5. The lowest BCUT2D eigenvalue weighted by Crippen LogP contribution is -2.43. The molecule has 0 amide bonds. The van der Waals surface area contributed by atoms with Crippen LogP contribution in [0.4, 0.5) is 0 Å². The van der Waals surface area contributed by atoms with Crippen molar-refractivity contribution in [3.05, 3.63) is 59.2 Å². The van der Waals surface area contributed by atoms with Crippen LogP contribution in [0.5, 0.6) is 0 Å². The molecule has 5 nitrogen and oxygen atoms in total. The van der Waals surface area contributed by atoms with E-state index < -0.39 is 6.10 Å². The first-order valence-electron chi connectivity index (χ1n) is 10.8. The number of hydrogen-bond acceptors (Lipinski definition) is 5. The Balaban J connectivity index is 1.50. The second-order valence-corrected chi connectivity index (χ2v) is 9.79. The Morgan fingerprint density at radius 2 is 1.76 bits per heavy atom.